The Morgan fingerprint density at radius 2 is 2.19 bits per heavy atom. The summed E-state index contributed by atoms with van der Waals surface area (Å²) in [6.45, 7) is 6.21. The summed E-state index contributed by atoms with van der Waals surface area (Å²) < 4.78 is 8.07. The Hall–Kier alpha value is -2.90. The molecular formula is C19H25N5O3. The van der Waals surface area contributed by atoms with Crippen molar-refractivity contribution in [3.63, 3.8) is 0 Å². The van der Waals surface area contributed by atoms with Crippen LogP contribution in [0.1, 0.15) is 48.3 Å². The van der Waals surface area contributed by atoms with Crippen LogP contribution in [0.25, 0.3) is 11.7 Å². The van der Waals surface area contributed by atoms with Crippen molar-refractivity contribution >= 4 is 23.5 Å². The highest BCUT2D eigenvalue weighted by Gasteiger charge is 2.28. The molecule has 144 valence electrons. The lowest BCUT2D eigenvalue weighted by atomic mass is 10.1. The predicted octanol–water partition coefficient (Wildman–Crippen LogP) is 1.99. The van der Waals surface area contributed by atoms with Crippen LogP contribution in [0.15, 0.2) is 17.1 Å². The van der Waals surface area contributed by atoms with Gasteiger partial charge >= 0.3 is 0 Å². The summed E-state index contributed by atoms with van der Waals surface area (Å²) in [6.07, 6.45) is 6.73. The van der Waals surface area contributed by atoms with Crippen molar-refractivity contribution in [2.45, 2.75) is 46.2 Å². The third-order valence-electron chi connectivity index (χ3n) is 4.49. The molecule has 0 unspecified atom stereocenters. The minimum absolute atomic E-state index is 0.00394. The van der Waals surface area contributed by atoms with Gasteiger partial charge in [0.1, 0.15) is 11.2 Å². The molecular weight excluding hydrogens is 346 g/mol. The molecule has 1 amide bonds. The number of hydrogen-bond donors (Lipinski definition) is 2. The molecule has 0 saturated heterocycles. The highest BCUT2D eigenvalue weighted by atomic mass is 16.5. The summed E-state index contributed by atoms with van der Waals surface area (Å²) in [6, 6.07) is 0.168. The number of fused-ring (bicyclic) bond motifs is 1. The van der Waals surface area contributed by atoms with Crippen molar-refractivity contribution in [1.29, 1.82) is 5.41 Å². The molecule has 2 aromatic heterocycles. The van der Waals surface area contributed by atoms with Crippen LogP contribution in [0, 0.1) is 18.3 Å². The lowest BCUT2D eigenvalue weighted by Gasteiger charge is -2.16. The highest BCUT2D eigenvalue weighted by Crippen LogP contribution is 2.21. The van der Waals surface area contributed by atoms with E-state index in [2.05, 4.69) is 10.4 Å². The zero-order chi connectivity index (χ0) is 19.7. The lowest BCUT2D eigenvalue weighted by molar-refractivity contribution is 0.0947. The minimum atomic E-state index is -0.340. The Labute approximate surface area is 157 Å². The van der Waals surface area contributed by atoms with Crippen molar-refractivity contribution < 1.29 is 9.53 Å². The van der Waals surface area contributed by atoms with E-state index in [1.165, 1.54) is 13.2 Å². The first-order valence-electron chi connectivity index (χ1n) is 9.06. The molecule has 2 N–H and O–H groups in total. The van der Waals surface area contributed by atoms with Crippen molar-refractivity contribution in [3.05, 3.63) is 39.4 Å². The first-order valence-corrected chi connectivity index (χ1v) is 9.06. The standard InChI is InChI=1S/C19H25N5O3/c1-11(2)10-23-18-13(5-8-15(20)27-4)9-21-24(18)12(3)16(19(23)26)17(25)22-14-6-7-14/h5,8-9,11,14,20H,6-7,10H2,1-4H3,(H,22,25)/b8-5+,20-15?. The quantitative estimate of drug-likeness (QED) is 0.599. The molecule has 0 radical (unpaired) electrons. The van der Waals surface area contributed by atoms with E-state index in [0.717, 1.165) is 12.8 Å². The van der Waals surface area contributed by atoms with E-state index in [1.54, 1.807) is 28.3 Å². The monoisotopic (exact) mass is 371 g/mol. The fraction of sp³-hybridized carbons (Fsp3) is 0.474. The van der Waals surface area contributed by atoms with E-state index in [9.17, 15) is 9.59 Å². The number of aromatic nitrogens is 3. The Kier molecular flexibility index (Phi) is 5.16. The van der Waals surface area contributed by atoms with E-state index in [0.29, 0.717) is 23.4 Å². The molecule has 1 aliphatic rings. The number of hydrogen-bond acceptors (Lipinski definition) is 5. The van der Waals surface area contributed by atoms with E-state index in [1.807, 2.05) is 13.8 Å². The van der Waals surface area contributed by atoms with Crippen LogP contribution in [-0.2, 0) is 11.3 Å². The Balaban J connectivity index is 2.20. The fourth-order valence-corrected chi connectivity index (χ4v) is 2.99. The molecule has 1 fully saturated rings. The zero-order valence-corrected chi connectivity index (χ0v) is 16.1. The second-order valence-electron chi connectivity index (χ2n) is 7.25. The number of nitrogens with zero attached hydrogens (tertiary/aromatic N) is 3. The van der Waals surface area contributed by atoms with Gasteiger partial charge in [0.2, 0.25) is 5.90 Å². The third kappa shape index (κ3) is 3.79. The maximum Gasteiger partial charge on any atom is 0.266 e. The number of nitrogens with one attached hydrogen (secondary N) is 2. The van der Waals surface area contributed by atoms with Crippen LogP contribution in [-0.4, -0.2) is 39.1 Å². The van der Waals surface area contributed by atoms with Crippen LogP contribution in [0.2, 0.25) is 0 Å². The first-order chi connectivity index (χ1) is 12.8. The van der Waals surface area contributed by atoms with Crippen LogP contribution in [0.3, 0.4) is 0 Å². The number of aryl methyl sites for hydroxylation is 1. The summed E-state index contributed by atoms with van der Waals surface area (Å²) >= 11 is 0. The molecule has 0 spiro atoms. The van der Waals surface area contributed by atoms with Gasteiger partial charge in [0.15, 0.2) is 0 Å². The second-order valence-corrected chi connectivity index (χ2v) is 7.25. The summed E-state index contributed by atoms with van der Waals surface area (Å²) in [5.74, 6) is -0.130. The second kappa shape index (κ2) is 7.38. The van der Waals surface area contributed by atoms with Gasteiger partial charge in [-0.1, -0.05) is 13.8 Å². The maximum atomic E-state index is 13.2. The summed E-state index contributed by atoms with van der Waals surface area (Å²) in [4.78, 5) is 25.9. The lowest BCUT2D eigenvalue weighted by Crippen LogP contribution is -2.37. The number of ether oxygens (including phenoxy) is 1. The first kappa shape index (κ1) is 18.9. The Bertz CT molecular complexity index is 979. The van der Waals surface area contributed by atoms with E-state index in [-0.39, 0.29) is 34.9 Å². The van der Waals surface area contributed by atoms with Crippen molar-refractivity contribution in [3.8, 4) is 0 Å². The number of carbonyl (C=O) groups is 1. The Morgan fingerprint density at radius 3 is 2.78 bits per heavy atom. The molecule has 8 nitrogen and oxygen atoms in total. The van der Waals surface area contributed by atoms with E-state index < -0.39 is 0 Å². The summed E-state index contributed by atoms with van der Waals surface area (Å²) in [5, 5.41) is 14.9. The van der Waals surface area contributed by atoms with Crippen LogP contribution < -0.4 is 10.9 Å². The van der Waals surface area contributed by atoms with Gasteiger partial charge in [0.05, 0.1) is 19.0 Å². The predicted molar refractivity (Wildman–Crippen MR) is 103 cm³/mol. The molecule has 1 aliphatic carbocycles. The Morgan fingerprint density at radius 1 is 1.48 bits per heavy atom. The fourth-order valence-electron chi connectivity index (χ4n) is 2.99. The maximum absolute atomic E-state index is 13.2. The van der Waals surface area contributed by atoms with Gasteiger partial charge in [-0.25, -0.2) is 4.52 Å². The van der Waals surface area contributed by atoms with Crippen molar-refractivity contribution in [2.24, 2.45) is 5.92 Å². The topological polar surface area (TPSA) is 101 Å². The van der Waals surface area contributed by atoms with E-state index >= 15 is 0 Å². The molecule has 3 rings (SSSR count). The van der Waals surface area contributed by atoms with Crippen LogP contribution in [0.4, 0.5) is 0 Å². The molecule has 2 heterocycles. The van der Waals surface area contributed by atoms with Crippen LogP contribution >= 0.6 is 0 Å². The number of methoxy groups -OCH3 is 1. The van der Waals surface area contributed by atoms with Gasteiger partial charge < -0.3 is 10.1 Å². The van der Waals surface area contributed by atoms with Gasteiger partial charge in [0, 0.05) is 24.2 Å². The zero-order valence-electron chi connectivity index (χ0n) is 16.1. The van der Waals surface area contributed by atoms with Gasteiger partial charge in [-0.05, 0) is 31.8 Å². The molecule has 0 bridgehead atoms. The van der Waals surface area contributed by atoms with Gasteiger partial charge in [0.25, 0.3) is 11.5 Å². The molecule has 8 heteroatoms. The van der Waals surface area contributed by atoms with Gasteiger partial charge in [-0.3, -0.25) is 19.6 Å². The smallest absolute Gasteiger partial charge is 0.266 e. The number of amides is 1. The SMILES string of the molecule is COC(=N)/C=C/c1cnn2c(C)c(C(=O)NC3CC3)c(=O)n(CC(C)C)c12. The van der Waals surface area contributed by atoms with Crippen molar-refractivity contribution in [1.82, 2.24) is 19.5 Å². The molecule has 27 heavy (non-hydrogen) atoms. The highest BCUT2D eigenvalue weighted by molar-refractivity contribution is 5.96. The molecule has 1 saturated carbocycles. The van der Waals surface area contributed by atoms with Crippen molar-refractivity contribution in [2.75, 3.05) is 7.11 Å². The van der Waals surface area contributed by atoms with Gasteiger partial charge in [-0.2, -0.15) is 5.10 Å². The van der Waals surface area contributed by atoms with E-state index in [4.69, 9.17) is 10.1 Å². The summed E-state index contributed by atoms with van der Waals surface area (Å²) in [5.41, 5.74) is 1.62. The average Bonchev–Trinajstić information content (AvgIpc) is 3.32. The van der Waals surface area contributed by atoms with Crippen LogP contribution in [0.5, 0.6) is 0 Å². The number of rotatable bonds is 6. The minimum Gasteiger partial charge on any atom is -0.481 e. The molecule has 0 atom stereocenters. The third-order valence-corrected chi connectivity index (χ3v) is 4.49. The average molecular weight is 371 g/mol. The molecule has 0 aromatic carbocycles. The largest absolute Gasteiger partial charge is 0.481 e. The van der Waals surface area contributed by atoms with Gasteiger partial charge in [-0.15, -0.1) is 0 Å². The molecule has 0 aliphatic heterocycles. The number of carbonyl (C=O) groups excluding carboxylic acids is 1. The molecule has 2 aromatic rings. The normalized spacial score (nSPS) is 14.3. The summed E-state index contributed by atoms with van der Waals surface area (Å²) in [7, 11) is 1.42.